The number of hydrogen-bond donors (Lipinski definition) is 2. The quantitative estimate of drug-likeness (QED) is 0.880. The molecule has 0 saturated heterocycles. The van der Waals surface area contributed by atoms with Crippen molar-refractivity contribution in [2.24, 2.45) is 0 Å². The molecule has 2 aromatic rings. The van der Waals surface area contributed by atoms with E-state index in [9.17, 15) is 13.2 Å². The van der Waals surface area contributed by atoms with Gasteiger partial charge in [-0.25, -0.2) is 17.9 Å². The highest BCUT2D eigenvalue weighted by Crippen LogP contribution is 2.18. The minimum absolute atomic E-state index is 0.121. The highest BCUT2D eigenvalue weighted by atomic mass is 32.2. The minimum atomic E-state index is -3.65. The smallest absolute Gasteiger partial charge is 0.411 e. The van der Waals surface area contributed by atoms with Crippen LogP contribution in [0.3, 0.4) is 0 Å². The fourth-order valence-electron chi connectivity index (χ4n) is 2.00. The molecule has 0 unspecified atom stereocenters. The third-order valence-electron chi connectivity index (χ3n) is 3.23. The number of methoxy groups -OCH3 is 1. The van der Waals surface area contributed by atoms with Crippen molar-refractivity contribution in [2.45, 2.75) is 17.9 Å². The first-order valence-electron chi connectivity index (χ1n) is 6.94. The van der Waals surface area contributed by atoms with Crippen LogP contribution in [0.1, 0.15) is 18.5 Å². The van der Waals surface area contributed by atoms with Crippen LogP contribution in [0.15, 0.2) is 59.5 Å². The van der Waals surface area contributed by atoms with Gasteiger partial charge in [0.2, 0.25) is 10.0 Å². The number of sulfonamides is 1. The van der Waals surface area contributed by atoms with Crippen LogP contribution in [-0.4, -0.2) is 21.6 Å². The second kappa shape index (κ2) is 7.26. The summed E-state index contributed by atoms with van der Waals surface area (Å²) < 4.78 is 31.9. The largest absolute Gasteiger partial charge is 0.453 e. The van der Waals surface area contributed by atoms with E-state index in [1.54, 1.807) is 6.92 Å². The van der Waals surface area contributed by atoms with E-state index in [4.69, 9.17) is 0 Å². The molecule has 0 aromatic heterocycles. The molecule has 0 radical (unpaired) electrons. The number of amides is 1. The Labute approximate surface area is 135 Å². The zero-order chi connectivity index (χ0) is 16.9. The Bertz CT molecular complexity index is 758. The molecule has 7 heteroatoms. The molecule has 2 N–H and O–H groups in total. The molecule has 2 aromatic carbocycles. The van der Waals surface area contributed by atoms with E-state index in [-0.39, 0.29) is 10.9 Å². The Balaban J connectivity index is 2.12. The lowest BCUT2D eigenvalue weighted by molar-refractivity contribution is 0.187. The van der Waals surface area contributed by atoms with E-state index in [1.165, 1.54) is 31.4 Å². The summed E-state index contributed by atoms with van der Waals surface area (Å²) in [6.45, 7) is 1.78. The first-order valence-corrected chi connectivity index (χ1v) is 8.43. The van der Waals surface area contributed by atoms with Crippen molar-refractivity contribution in [3.8, 4) is 0 Å². The molecule has 0 aliphatic carbocycles. The Morgan fingerprint density at radius 3 is 2.22 bits per heavy atom. The van der Waals surface area contributed by atoms with Crippen LogP contribution in [0.2, 0.25) is 0 Å². The van der Waals surface area contributed by atoms with E-state index in [0.29, 0.717) is 5.69 Å². The van der Waals surface area contributed by atoms with Crippen LogP contribution in [0, 0.1) is 0 Å². The lowest BCUT2D eigenvalue weighted by atomic mass is 10.1. The number of hydrogen-bond acceptors (Lipinski definition) is 4. The van der Waals surface area contributed by atoms with Gasteiger partial charge in [0.15, 0.2) is 0 Å². The average Bonchev–Trinajstić information content (AvgIpc) is 2.55. The first kappa shape index (κ1) is 17.0. The number of ether oxygens (including phenoxy) is 1. The van der Waals surface area contributed by atoms with Gasteiger partial charge in [0.1, 0.15) is 0 Å². The lowest BCUT2D eigenvalue weighted by Crippen LogP contribution is -2.26. The normalized spacial score (nSPS) is 12.4. The molecule has 0 aliphatic heterocycles. The molecule has 23 heavy (non-hydrogen) atoms. The Hall–Kier alpha value is -2.38. The number of anilines is 1. The van der Waals surface area contributed by atoms with Crippen molar-refractivity contribution in [3.63, 3.8) is 0 Å². The molecule has 1 amide bonds. The van der Waals surface area contributed by atoms with Crippen molar-refractivity contribution in [1.82, 2.24) is 4.72 Å². The van der Waals surface area contributed by atoms with Gasteiger partial charge in [0, 0.05) is 11.7 Å². The van der Waals surface area contributed by atoms with E-state index in [1.807, 2.05) is 30.3 Å². The average molecular weight is 334 g/mol. The van der Waals surface area contributed by atoms with Crippen molar-refractivity contribution >= 4 is 21.8 Å². The maximum absolute atomic E-state index is 12.4. The SMILES string of the molecule is COC(=O)Nc1ccc(S(=O)(=O)N[C@H](C)c2ccccc2)cc1. The highest BCUT2D eigenvalue weighted by molar-refractivity contribution is 7.89. The molecule has 0 saturated carbocycles. The number of nitrogens with one attached hydrogen (secondary N) is 2. The monoisotopic (exact) mass is 334 g/mol. The fourth-order valence-corrected chi connectivity index (χ4v) is 3.23. The lowest BCUT2D eigenvalue weighted by Gasteiger charge is -2.15. The summed E-state index contributed by atoms with van der Waals surface area (Å²) in [5.74, 6) is 0. The summed E-state index contributed by atoms with van der Waals surface area (Å²) in [5, 5.41) is 2.46. The molecule has 0 fully saturated rings. The van der Waals surface area contributed by atoms with Gasteiger partial charge in [0.05, 0.1) is 12.0 Å². The molecule has 2 rings (SSSR count). The van der Waals surface area contributed by atoms with Crippen LogP contribution in [0.25, 0.3) is 0 Å². The molecule has 6 nitrogen and oxygen atoms in total. The van der Waals surface area contributed by atoms with Crippen molar-refractivity contribution in [3.05, 3.63) is 60.2 Å². The summed E-state index contributed by atoms with van der Waals surface area (Å²) in [5.41, 5.74) is 1.33. The van der Waals surface area contributed by atoms with Crippen molar-refractivity contribution in [2.75, 3.05) is 12.4 Å². The fraction of sp³-hybridized carbons (Fsp3) is 0.188. The molecule has 0 bridgehead atoms. The van der Waals surface area contributed by atoms with Gasteiger partial charge >= 0.3 is 6.09 Å². The summed E-state index contributed by atoms with van der Waals surface area (Å²) in [4.78, 5) is 11.2. The third kappa shape index (κ3) is 4.54. The number of carbonyl (C=O) groups is 1. The maximum Gasteiger partial charge on any atom is 0.411 e. The predicted molar refractivity (Wildman–Crippen MR) is 87.6 cm³/mol. The second-order valence-corrected chi connectivity index (χ2v) is 6.61. The summed E-state index contributed by atoms with van der Waals surface area (Å²) in [6.07, 6.45) is -0.614. The number of carbonyl (C=O) groups excluding carboxylic acids is 1. The second-order valence-electron chi connectivity index (χ2n) is 4.89. The standard InChI is InChI=1S/C16H18N2O4S/c1-12(13-6-4-3-5-7-13)18-23(20,21)15-10-8-14(9-11-15)17-16(19)22-2/h3-12,18H,1-2H3,(H,17,19)/t12-/m1/s1. The van der Waals surface area contributed by atoms with Crippen LogP contribution < -0.4 is 10.0 Å². The molecule has 0 heterocycles. The van der Waals surface area contributed by atoms with Gasteiger partial charge in [0.25, 0.3) is 0 Å². The van der Waals surface area contributed by atoms with Crippen molar-refractivity contribution < 1.29 is 17.9 Å². The summed E-state index contributed by atoms with van der Waals surface area (Å²) in [7, 11) is -2.40. The van der Waals surface area contributed by atoms with E-state index < -0.39 is 16.1 Å². The van der Waals surface area contributed by atoms with E-state index >= 15 is 0 Å². The molecule has 0 aliphatic rings. The minimum Gasteiger partial charge on any atom is -0.453 e. The Morgan fingerprint density at radius 1 is 1.04 bits per heavy atom. The third-order valence-corrected chi connectivity index (χ3v) is 4.78. The van der Waals surface area contributed by atoms with Crippen LogP contribution in [0.5, 0.6) is 0 Å². The zero-order valence-corrected chi connectivity index (χ0v) is 13.6. The zero-order valence-electron chi connectivity index (χ0n) is 12.8. The number of benzene rings is 2. The van der Waals surface area contributed by atoms with Gasteiger partial charge in [-0.05, 0) is 36.8 Å². The van der Waals surface area contributed by atoms with Gasteiger partial charge in [-0.1, -0.05) is 30.3 Å². The summed E-state index contributed by atoms with van der Waals surface area (Å²) >= 11 is 0. The van der Waals surface area contributed by atoms with Crippen molar-refractivity contribution in [1.29, 1.82) is 0 Å². The van der Waals surface area contributed by atoms with Crippen LogP contribution >= 0.6 is 0 Å². The Kier molecular flexibility index (Phi) is 5.36. The van der Waals surface area contributed by atoms with Crippen LogP contribution in [0.4, 0.5) is 10.5 Å². The summed E-state index contributed by atoms with van der Waals surface area (Å²) in [6, 6.07) is 14.8. The van der Waals surface area contributed by atoms with E-state index in [0.717, 1.165) is 5.56 Å². The molecule has 1 atom stereocenters. The highest BCUT2D eigenvalue weighted by Gasteiger charge is 2.18. The topological polar surface area (TPSA) is 84.5 Å². The Morgan fingerprint density at radius 2 is 1.65 bits per heavy atom. The van der Waals surface area contributed by atoms with Gasteiger partial charge in [-0.15, -0.1) is 0 Å². The molecular weight excluding hydrogens is 316 g/mol. The first-order chi connectivity index (χ1) is 10.9. The molecule has 0 spiro atoms. The van der Waals surface area contributed by atoms with Gasteiger partial charge in [-0.3, -0.25) is 5.32 Å². The van der Waals surface area contributed by atoms with Crippen LogP contribution in [-0.2, 0) is 14.8 Å². The van der Waals surface area contributed by atoms with E-state index in [2.05, 4.69) is 14.8 Å². The molecule has 122 valence electrons. The number of rotatable bonds is 5. The van der Waals surface area contributed by atoms with Gasteiger partial charge < -0.3 is 4.74 Å². The predicted octanol–water partition coefficient (Wildman–Crippen LogP) is 2.90. The van der Waals surface area contributed by atoms with Gasteiger partial charge in [-0.2, -0.15) is 0 Å². The maximum atomic E-state index is 12.4. The molecular formula is C16H18N2O4S.